The fourth-order valence-electron chi connectivity index (χ4n) is 1.33. The Morgan fingerprint density at radius 1 is 1.43 bits per heavy atom. The molecule has 0 aliphatic rings. The molecule has 0 aromatic heterocycles. The number of hydrogen-bond acceptors (Lipinski definition) is 2. The van der Waals surface area contributed by atoms with Crippen molar-refractivity contribution in [2.45, 2.75) is 31.9 Å². The van der Waals surface area contributed by atoms with E-state index in [-0.39, 0.29) is 11.9 Å². The second-order valence-electron chi connectivity index (χ2n) is 3.44. The van der Waals surface area contributed by atoms with Crippen LogP contribution in [0.3, 0.4) is 0 Å². The van der Waals surface area contributed by atoms with Gasteiger partial charge in [-0.25, -0.2) is 4.39 Å². The van der Waals surface area contributed by atoms with E-state index < -0.39 is 6.10 Å². The summed E-state index contributed by atoms with van der Waals surface area (Å²) in [5.41, 5.74) is 6.01. The lowest BCUT2D eigenvalue weighted by Gasteiger charge is -2.15. The molecule has 0 heterocycles. The Hall–Kier alpha value is -0.930. The van der Waals surface area contributed by atoms with Gasteiger partial charge in [0.2, 0.25) is 0 Å². The molecule has 78 valence electrons. The van der Waals surface area contributed by atoms with Gasteiger partial charge in [-0.2, -0.15) is 0 Å². The van der Waals surface area contributed by atoms with Gasteiger partial charge < -0.3 is 10.8 Å². The third-order valence-electron chi connectivity index (χ3n) is 2.31. The lowest BCUT2D eigenvalue weighted by atomic mass is 10.0. The topological polar surface area (TPSA) is 46.2 Å². The fraction of sp³-hybridized carbons (Fsp3) is 0.455. The van der Waals surface area contributed by atoms with Crippen LogP contribution in [0.2, 0.25) is 0 Å². The Morgan fingerprint density at radius 3 is 2.64 bits per heavy atom. The van der Waals surface area contributed by atoms with Gasteiger partial charge in [0.05, 0.1) is 6.10 Å². The average Bonchev–Trinajstić information content (AvgIpc) is 2.18. The monoisotopic (exact) mass is 197 g/mol. The standard InChI is InChI=1S/C11H16FNO/c1-2-8(13)7-11(14)9-5-3-4-6-10(9)12/h3-6,8,11,14H,2,7,13H2,1H3. The normalized spacial score (nSPS) is 15.1. The first kappa shape index (κ1) is 11.1. The van der Waals surface area contributed by atoms with E-state index in [4.69, 9.17) is 5.73 Å². The number of nitrogens with two attached hydrogens (primary N) is 1. The first-order valence-electron chi connectivity index (χ1n) is 4.83. The Balaban J connectivity index is 2.69. The van der Waals surface area contributed by atoms with Crippen molar-refractivity contribution in [1.82, 2.24) is 0 Å². The van der Waals surface area contributed by atoms with Crippen molar-refractivity contribution >= 4 is 0 Å². The van der Waals surface area contributed by atoms with Crippen LogP contribution in [0.15, 0.2) is 24.3 Å². The van der Waals surface area contributed by atoms with E-state index in [9.17, 15) is 9.50 Å². The molecule has 0 amide bonds. The predicted molar refractivity (Wildman–Crippen MR) is 54.2 cm³/mol. The van der Waals surface area contributed by atoms with E-state index in [0.29, 0.717) is 12.0 Å². The van der Waals surface area contributed by atoms with Crippen molar-refractivity contribution in [3.05, 3.63) is 35.6 Å². The molecule has 0 saturated heterocycles. The van der Waals surface area contributed by atoms with Gasteiger partial charge in [0.25, 0.3) is 0 Å². The van der Waals surface area contributed by atoms with Gasteiger partial charge in [-0.15, -0.1) is 0 Å². The lowest BCUT2D eigenvalue weighted by Crippen LogP contribution is -2.22. The summed E-state index contributed by atoms with van der Waals surface area (Å²) in [4.78, 5) is 0. The van der Waals surface area contributed by atoms with Gasteiger partial charge in [-0.1, -0.05) is 25.1 Å². The van der Waals surface area contributed by atoms with Gasteiger partial charge >= 0.3 is 0 Å². The van der Waals surface area contributed by atoms with Crippen molar-refractivity contribution in [2.75, 3.05) is 0 Å². The minimum Gasteiger partial charge on any atom is -0.388 e. The molecule has 0 aliphatic heterocycles. The van der Waals surface area contributed by atoms with Crippen LogP contribution in [-0.2, 0) is 0 Å². The van der Waals surface area contributed by atoms with Crippen molar-refractivity contribution in [1.29, 1.82) is 0 Å². The largest absolute Gasteiger partial charge is 0.388 e. The second kappa shape index (κ2) is 5.08. The molecule has 3 N–H and O–H groups in total. The van der Waals surface area contributed by atoms with Crippen LogP contribution in [0.1, 0.15) is 31.4 Å². The molecule has 2 nitrogen and oxygen atoms in total. The summed E-state index contributed by atoms with van der Waals surface area (Å²) in [6, 6.07) is 6.16. The zero-order valence-corrected chi connectivity index (χ0v) is 8.28. The average molecular weight is 197 g/mol. The molecule has 0 bridgehead atoms. The van der Waals surface area contributed by atoms with Gasteiger partial charge in [-0.05, 0) is 18.9 Å². The maximum Gasteiger partial charge on any atom is 0.128 e. The molecular formula is C11H16FNO. The fourth-order valence-corrected chi connectivity index (χ4v) is 1.33. The second-order valence-corrected chi connectivity index (χ2v) is 3.44. The first-order chi connectivity index (χ1) is 6.65. The van der Waals surface area contributed by atoms with Crippen molar-refractivity contribution < 1.29 is 9.50 Å². The van der Waals surface area contributed by atoms with Crippen molar-refractivity contribution in [3.8, 4) is 0 Å². The van der Waals surface area contributed by atoms with E-state index in [1.54, 1.807) is 18.2 Å². The Morgan fingerprint density at radius 2 is 2.07 bits per heavy atom. The molecule has 0 fully saturated rings. The molecule has 14 heavy (non-hydrogen) atoms. The highest BCUT2D eigenvalue weighted by molar-refractivity contribution is 5.19. The van der Waals surface area contributed by atoms with E-state index in [0.717, 1.165) is 6.42 Å². The van der Waals surface area contributed by atoms with E-state index in [1.165, 1.54) is 6.07 Å². The molecule has 0 radical (unpaired) electrons. The Labute approximate surface area is 83.6 Å². The van der Waals surface area contributed by atoms with Crippen LogP contribution in [0, 0.1) is 5.82 Å². The zero-order chi connectivity index (χ0) is 10.6. The van der Waals surface area contributed by atoms with Crippen LogP contribution in [0.4, 0.5) is 4.39 Å². The van der Waals surface area contributed by atoms with Crippen LogP contribution < -0.4 is 5.73 Å². The van der Waals surface area contributed by atoms with E-state index in [1.807, 2.05) is 6.92 Å². The van der Waals surface area contributed by atoms with Crippen LogP contribution in [-0.4, -0.2) is 11.1 Å². The minimum atomic E-state index is -0.800. The van der Waals surface area contributed by atoms with Gasteiger partial charge in [-0.3, -0.25) is 0 Å². The van der Waals surface area contributed by atoms with Crippen LogP contribution in [0.5, 0.6) is 0 Å². The molecule has 1 aromatic rings. The highest BCUT2D eigenvalue weighted by Crippen LogP contribution is 2.21. The zero-order valence-electron chi connectivity index (χ0n) is 8.28. The third kappa shape index (κ3) is 2.79. The van der Waals surface area contributed by atoms with E-state index >= 15 is 0 Å². The molecule has 0 spiro atoms. The number of aliphatic hydroxyl groups excluding tert-OH is 1. The molecule has 1 aromatic carbocycles. The van der Waals surface area contributed by atoms with Crippen molar-refractivity contribution in [3.63, 3.8) is 0 Å². The molecule has 3 heteroatoms. The smallest absolute Gasteiger partial charge is 0.128 e. The molecule has 1 rings (SSSR count). The maximum absolute atomic E-state index is 13.2. The van der Waals surface area contributed by atoms with E-state index in [2.05, 4.69) is 0 Å². The third-order valence-corrected chi connectivity index (χ3v) is 2.31. The van der Waals surface area contributed by atoms with Gasteiger partial charge in [0, 0.05) is 11.6 Å². The molecule has 2 atom stereocenters. The summed E-state index contributed by atoms with van der Waals surface area (Å²) in [6.07, 6.45) is 0.384. The number of hydrogen-bond donors (Lipinski definition) is 2. The summed E-state index contributed by atoms with van der Waals surface area (Å²) in [5.74, 6) is -0.372. The Kier molecular flexibility index (Phi) is 4.04. The van der Waals surface area contributed by atoms with Crippen molar-refractivity contribution in [2.24, 2.45) is 5.73 Å². The quantitative estimate of drug-likeness (QED) is 0.775. The summed E-state index contributed by atoms with van der Waals surface area (Å²) in [7, 11) is 0. The summed E-state index contributed by atoms with van der Waals surface area (Å²) in [6.45, 7) is 1.94. The van der Waals surface area contributed by atoms with Gasteiger partial charge in [0.1, 0.15) is 5.82 Å². The number of halogens is 1. The molecular weight excluding hydrogens is 181 g/mol. The number of benzene rings is 1. The highest BCUT2D eigenvalue weighted by atomic mass is 19.1. The molecule has 0 aliphatic carbocycles. The van der Waals surface area contributed by atoms with Crippen LogP contribution in [0.25, 0.3) is 0 Å². The number of aliphatic hydroxyl groups is 1. The summed E-state index contributed by atoms with van der Waals surface area (Å²) >= 11 is 0. The summed E-state index contributed by atoms with van der Waals surface area (Å²) < 4.78 is 13.2. The molecule has 0 saturated carbocycles. The SMILES string of the molecule is CCC(N)CC(O)c1ccccc1F. The minimum absolute atomic E-state index is 0.0791. The number of rotatable bonds is 4. The first-order valence-corrected chi connectivity index (χ1v) is 4.83. The Bertz CT molecular complexity index is 290. The van der Waals surface area contributed by atoms with Crippen LogP contribution >= 0.6 is 0 Å². The maximum atomic E-state index is 13.2. The van der Waals surface area contributed by atoms with Gasteiger partial charge in [0.15, 0.2) is 0 Å². The highest BCUT2D eigenvalue weighted by Gasteiger charge is 2.14. The summed E-state index contributed by atoms with van der Waals surface area (Å²) in [5, 5.41) is 9.68. The molecule has 2 unspecified atom stereocenters. The lowest BCUT2D eigenvalue weighted by molar-refractivity contribution is 0.153. The predicted octanol–water partition coefficient (Wildman–Crippen LogP) is 1.99.